The Morgan fingerprint density at radius 3 is 2.52 bits per heavy atom. The second kappa shape index (κ2) is 6.42. The molecule has 0 spiro atoms. The Morgan fingerprint density at radius 1 is 1.32 bits per heavy atom. The number of rotatable bonds is 4. The van der Waals surface area contributed by atoms with Gasteiger partial charge in [-0.15, -0.1) is 0 Å². The first-order valence-electron chi connectivity index (χ1n) is 7.57. The van der Waals surface area contributed by atoms with E-state index in [4.69, 9.17) is 5.11 Å². The second-order valence-corrected chi connectivity index (χ2v) is 6.01. The molecule has 25 heavy (non-hydrogen) atoms. The van der Waals surface area contributed by atoms with Crippen molar-refractivity contribution in [2.45, 2.75) is 45.5 Å². The molecule has 1 N–H and O–H groups in total. The molecule has 0 saturated heterocycles. The van der Waals surface area contributed by atoms with Gasteiger partial charge in [-0.05, 0) is 30.5 Å². The van der Waals surface area contributed by atoms with Crippen molar-refractivity contribution in [2.24, 2.45) is 0 Å². The summed E-state index contributed by atoms with van der Waals surface area (Å²) in [5.74, 6) is -0.427. The predicted molar refractivity (Wildman–Crippen MR) is 84.5 cm³/mol. The largest absolute Gasteiger partial charge is 0.508 e. The summed E-state index contributed by atoms with van der Waals surface area (Å²) in [6.45, 7) is 6.18. The summed E-state index contributed by atoms with van der Waals surface area (Å²) in [6.07, 6.45) is -4.69. The van der Waals surface area contributed by atoms with Crippen LogP contribution in [0, 0.1) is 13.8 Å². The molecule has 0 radical (unpaired) electrons. The van der Waals surface area contributed by atoms with Crippen LogP contribution >= 0.6 is 0 Å². The minimum atomic E-state index is -4.96. The zero-order chi connectivity index (χ0) is 19.0. The summed E-state index contributed by atoms with van der Waals surface area (Å²) in [4.78, 5) is 14.9. The Balaban J connectivity index is 2.58. The SMILES string of the molecule is Cc1cccc(C(C)c2nccn2C(C)(OC(=O)O)C(F)(F)F)c1C. The molecule has 1 aromatic heterocycles. The molecule has 0 fully saturated rings. The third-order valence-electron chi connectivity index (χ3n) is 4.44. The molecule has 2 rings (SSSR count). The quantitative estimate of drug-likeness (QED) is 0.815. The van der Waals surface area contributed by atoms with E-state index in [9.17, 15) is 18.0 Å². The maximum absolute atomic E-state index is 13.6. The summed E-state index contributed by atoms with van der Waals surface area (Å²) < 4.78 is 45.7. The van der Waals surface area contributed by atoms with Crippen molar-refractivity contribution in [1.29, 1.82) is 0 Å². The number of ether oxygens (including phenoxy) is 1. The molecule has 136 valence electrons. The number of benzene rings is 1. The van der Waals surface area contributed by atoms with Gasteiger partial charge < -0.3 is 9.84 Å². The fourth-order valence-electron chi connectivity index (χ4n) is 2.79. The third-order valence-corrected chi connectivity index (χ3v) is 4.44. The maximum atomic E-state index is 13.6. The average molecular weight is 356 g/mol. The summed E-state index contributed by atoms with van der Waals surface area (Å²) in [6, 6.07) is 5.54. The van der Waals surface area contributed by atoms with Gasteiger partial charge in [0, 0.05) is 25.2 Å². The lowest BCUT2D eigenvalue weighted by molar-refractivity contribution is -0.293. The van der Waals surface area contributed by atoms with Crippen molar-refractivity contribution >= 4 is 6.16 Å². The van der Waals surface area contributed by atoms with Crippen LogP contribution in [-0.4, -0.2) is 27.0 Å². The van der Waals surface area contributed by atoms with Crippen LogP contribution in [0.5, 0.6) is 0 Å². The zero-order valence-electron chi connectivity index (χ0n) is 14.3. The van der Waals surface area contributed by atoms with Crippen LogP contribution in [0.1, 0.15) is 42.3 Å². The lowest BCUT2D eigenvalue weighted by Gasteiger charge is -2.33. The van der Waals surface area contributed by atoms with E-state index in [1.165, 1.54) is 6.20 Å². The lowest BCUT2D eigenvalue weighted by Crippen LogP contribution is -2.49. The van der Waals surface area contributed by atoms with Crippen LogP contribution in [0.25, 0.3) is 0 Å². The highest BCUT2D eigenvalue weighted by Crippen LogP contribution is 2.40. The number of hydrogen-bond acceptors (Lipinski definition) is 3. The summed E-state index contributed by atoms with van der Waals surface area (Å²) in [5.41, 5.74) is -0.316. The van der Waals surface area contributed by atoms with Gasteiger partial charge in [0.25, 0.3) is 5.72 Å². The van der Waals surface area contributed by atoms with Crippen LogP contribution in [0.3, 0.4) is 0 Å². The first kappa shape index (κ1) is 18.8. The van der Waals surface area contributed by atoms with Crippen LogP contribution in [0.4, 0.5) is 18.0 Å². The lowest BCUT2D eigenvalue weighted by atomic mass is 9.92. The predicted octanol–water partition coefficient (Wildman–Crippen LogP) is 4.58. The molecule has 0 bridgehead atoms. The molecule has 0 aliphatic rings. The average Bonchev–Trinajstić information content (AvgIpc) is 2.97. The molecular formula is C17H19F3N2O3. The summed E-state index contributed by atoms with van der Waals surface area (Å²) in [7, 11) is 0. The van der Waals surface area contributed by atoms with E-state index in [1.54, 1.807) is 6.92 Å². The van der Waals surface area contributed by atoms with Gasteiger partial charge in [-0.1, -0.05) is 25.1 Å². The molecular weight excluding hydrogens is 337 g/mol. The van der Waals surface area contributed by atoms with E-state index in [0.717, 1.165) is 27.5 Å². The van der Waals surface area contributed by atoms with Crippen molar-refractivity contribution in [2.75, 3.05) is 0 Å². The van der Waals surface area contributed by atoms with Crippen molar-refractivity contribution in [3.05, 3.63) is 53.1 Å². The zero-order valence-corrected chi connectivity index (χ0v) is 14.3. The number of carbonyl (C=O) groups is 1. The number of hydrogen-bond donors (Lipinski definition) is 1. The van der Waals surface area contributed by atoms with Gasteiger partial charge >= 0.3 is 12.3 Å². The smallest absolute Gasteiger partial charge is 0.450 e. The number of alkyl halides is 3. The molecule has 0 aliphatic heterocycles. The molecule has 1 heterocycles. The highest BCUT2D eigenvalue weighted by Gasteiger charge is 2.57. The van der Waals surface area contributed by atoms with Crippen molar-refractivity contribution in [3.8, 4) is 0 Å². The van der Waals surface area contributed by atoms with Crippen LogP contribution in [-0.2, 0) is 10.5 Å². The highest BCUT2D eigenvalue weighted by atomic mass is 19.4. The standard InChI is InChI=1S/C17H19F3N2O3/c1-10-6-5-7-13(11(10)2)12(3)14-21-8-9-22(14)16(4,17(18,19)20)25-15(23)24/h5-9,12H,1-4H3,(H,23,24). The Bertz CT molecular complexity index is 786. The Labute approximate surface area is 143 Å². The van der Waals surface area contributed by atoms with E-state index >= 15 is 0 Å². The van der Waals surface area contributed by atoms with Gasteiger partial charge in [-0.25, -0.2) is 9.78 Å². The van der Waals surface area contributed by atoms with Gasteiger partial charge in [-0.2, -0.15) is 13.2 Å². The number of aromatic nitrogens is 2. The second-order valence-electron chi connectivity index (χ2n) is 6.01. The van der Waals surface area contributed by atoms with Crippen LogP contribution < -0.4 is 0 Å². The van der Waals surface area contributed by atoms with Gasteiger partial charge in [0.2, 0.25) is 0 Å². The Hall–Kier alpha value is -2.51. The number of nitrogens with zero attached hydrogens (tertiary/aromatic N) is 2. The van der Waals surface area contributed by atoms with Crippen LogP contribution in [0.15, 0.2) is 30.6 Å². The number of halogens is 3. The van der Waals surface area contributed by atoms with E-state index in [1.807, 2.05) is 32.0 Å². The normalized spacial score (nSPS) is 15.5. The van der Waals surface area contributed by atoms with E-state index in [2.05, 4.69) is 9.72 Å². The number of carboxylic acid groups (broad SMARTS) is 1. The molecule has 0 aliphatic carbocycles. The van der Waals surface area contributed by atoms with Gasteiger partial charge in [0.1, 0.15) is 5.82 Å². The molecule has 0 amide bonds. The maximum Gasteiger partial charge on any atom is 0.508 e. The van der Waals surface area contributed by atoms with Crippen LogP contribution in [0.2, 0.25) is 0 Å². The molecule has 0 saturated carbocycles. The fraction of sp³-hybridized carbons (Fsp3) is 0.412. The van der Waals surface area contributed by atoms with E-state index < -0.39 is 24.0 Å². The molecule has 2 aromatic rings. The topological polar surface area (TPSA) is 64.4 Å². The van der Waals surface area contributed by atoms with Crippen molar-refractivity contribution in [3.63, 3.8) is 0 Å². The molecule has 2 atom stereocenters. The minimum Gasteiger partial charge on any atom is -0.450 e. The third kappa shape index (κ3) is 3.33. The number of aryl methyl sites for hydroxylation is 1. The van der Waals surface area contributed by atoms with Gasteiger partial charge in [0.15, 0.2) is 0 Å². The Morgan fingerprint density at radius 2 is 1.96 bits per heavy atom. The minimum absolute atomic E-state index is 0.0646. The molecule has 5 nitrogen and oxygen atoms in total. The molecule has 1 aromatic carbocycles. The Kier molecular flexibility index (Phi) is 4.83. The van der Waals surface area contributed by atoms with E-state index in [-0.39, 0.29) is 5.82 Å². The fourth-order valence-corrected chi connectivity index (χ4v) is 2.79. The van der Waals surface area contributed by atoms with Crippen molar-refractivity contribution < 1.29 is 27.8 Å². The summed E-state index contributed by atoms with van der Waals surface area (Å²) >= 11 is 0. The van der Waals surface area contributed by atoms with Gasteiger partial charge in [-0.3, -0.25) is 4.57 Å². The van der Waals surface area contributed by atoms with Crippen molar-refractivity contribution in [1.82, 2.24) is 9.55 Å². The summed E-state index contributed by atoms with van der Waals surface area (Å²) in [5, 5.41) is 8.78. The monoisotopic (exact) mass is 356 g/mol. The number of imidazole rings is 1. The molecule has 8 heteroatoms. The highest BCUT2D eigenvalue weighted by molar-refractivity contribution is 5.57. The van der Waals surface area contributed by atoms with E-state index in [0.29, 0.717) is 6.92 Å². The first-order valence-corrected chi connectivity index (χ1v) is 7.57. The molecule has 2 unspecified atom stereocenters. The van der Waals surface area contributed by atoms with Gasteiger partial charge in [0.05, 0.1) is 0 Å². The first-order chi connectivity index (χ1) is 11.5.